The molecule has 0 aliphatic carbocycles. The van der Waals surface area contributed by atoms with E-state index in [0.717, 1.165) is 5.56 Å². The average Bonchev–Trinajstić information content (AvgIpc) is 2.46. The van der Waals surface area contributed by atoms with Gasteiger partial charge in [-0.05, 0) is 24.3 Å². The number of carbonyl (C=O) groups is 1. The van der Waals surface area contributed by atoms with E-state index < -0.39 is 0 Å². The zero-order chi connectivity index (χ0) is 13.5. The van der Waals surface area contributed by atoms with Gasteiger partial charge in [0.25, 0.3) is 5.91 Å². The molecule has 0 saturated heterocycles. The number of rotatable bonds is 2. The fourth-order valence-electron chi connectivity index (χ4n) is 1.42. The monoisotopic (exact) mass is 252 g/mol. The van der Waals surface area contributed by atoms with Gasteiger partial charge in [-0.15, -0.1) is 0 Å². The predicted octanol–water partition coefficient (Wildman–Crippen LogP) is 1.04. The second kappa shape index (κ2) is 6.28. The van der Waals surface area contributed by atoms with Crippen molar-refractivity contribution in [1.29, 1.82) is 0 Å². The number of anilines is 1. The van der Waals surface area contributed by atoms with Crippen molar-refractivity contribution in [3.05, 3.63) is 54.0 Å². The number of nitrogens with zero attached hydrogens (tertiary/aromatic N) is 2. The molecule has 0 unspecified atom stereocenters. The molecular formula is C14H12N4O. The number of aromatic nitrogens is 2. The number of carbonyl (C=O) groups excluding carboxylic acids is 1. The summed E-state index contributed by atoms with van der Waals surface area (Å²) in [5.74, 6) is 5.81. The molecule has 0 atom stereocenters. The summed E-state index contributed by atoms with van der Waals surface area (Å²) in [6.45, 7) is 0.291. The quantitative estimate of drug-likeness (QED) is 0.782. The molecule has 0 spiro atoms. The third kappa shape index (κ3) is 3.63. The lowest BCUT2D eigenvalue weighted by molar-refractivity contribution is 0.102. The summed E-state index contributed by atoms with van der Waals surface area (Å²) in [7, 11) is 0. The molecule has 1 amide bonds. The Balaban J connectivity index is 2.13. The summed E-state index contributed by atoms with van der Waals surface area (Å²) >= 11 is 0. The van der Waals surface area contributed by atoms with Gasteiger partial charge in [-0.1, -0.05) is 11.8 Å². The van der Waals surface area contributed by atoms with Crippen LogP contribution in [0.15, 0.2) is 42.9 Å². The van der Waals surface area contributed by atoms with Crippen LogP contribution < -0.4 is 11.1 Å². The first-order chi connectivity index (χ1) is 9.29. The van der Waals surface area contributed by atoms with Crippen LogP contribution in [-0.2, 0) is 0 Å². The fraction of sp³-hybridized carbons (Fsp3) is 0.0714. The van der Waals surface area contributed by atoms with Crippen molar-refractivity contribution < 1.29 is 4.79 Å². The van der Waals surface area contributed by atoms with E-state index in [2.05, 4.69) is 27.1 Å². The lowest BCUT2D eigenvalue weighted by atomic mass is 10.2. The molecule has 2 aromatic rings. The molecule has 0 fully saturated rings. The van der Waals surface area contributed by atoms with Gasteiger partial charge in [0.2, 0.25) is 0 Å². The van der Waals surface area contributed by atoms with E-state index >= 15 is 0 Å². The maximum Gasteiger partial charge on any atom is 0.258 e. The van der Waals surface area contributed by atoms with Gasteiger partial charge in [0.05, 0.1) is 12.1 Å². The number of nitrogens with one attached hydrogen (secondary N) is 1. The Labute approximate surface area is 110 Å². The summed E-state index contributed by atoms with van der Waals surface area (Å²) in [5, 5.41) is 2.69. The molecular weight excluding hydrogens is 240 g/mol. The zero-order valence-electron chi connectivity index (χ0n) is 10.1. The van der Waals surface area contributed by atoms with Crippen LogP contribution in [0.5, 0.6) is 0 Å². The predicted molar refractivity (Wildman–Crippen MR) is 72.4 cm³/mol. The molecule has 0 aliphatic rings. The Morgan fingerprint density at radius 3 is 3.00 bits per heavy atom. The van der Waals surface area contributed by atoms with Crippen LogP contribution in [-0.4, -0.2) is 22.4 Å². The number of hydrogen-bond donors (Lipinski definition) is 2. The maximum absolute atomic E-state index is 11.9. The van der Waals surface area contributed by atoms with Gasteiger partial charge in [0, 0.05) is 24.2 Å². The fourth-order valence-corrected chi connectivity index (χ4v) is 1.42. The molecule has 2 heterocycles. The first-order valence-electron chi connectivity index (χ1n) is 5.66. The normalized spacial score (nSPS) is 9.32. The van der Waals surface area contributed by atoms with Gasteiger partial charge in [0.1, 0.15) is 5.82 Å². The summed E-state index contributed by atoms with van der Waals surface area (Å²) in [6, 6.07) is 6.82. The van der Waals surface area contributed by atoms with Gasteiger partial charge in [0.15, 0.2) is 0 Å². The highest BCUT2D eigenvalue weighted by Crippen LogP contribution is 2.07. The SMILES string of the molecule is NCC#Cc1ccnc(NC(=O)c2cccnc2)c1. The van der Waals surface area contributed by atoms with E-state index in [1.165, 1.54) is 6.20 Å². The molecule has 0 radical (unpaired) electrons. The van der Waals surface area contributed by atoms with Crippen LogP contribution in [0.4, 0.5) is 5.82 Å². The van der Waals surface area contributed by atoms with E-state index in [4.69, 9.17) is 5.73 Å². The van der Waals surface area contributed by atoms with Crippen molar-refractivity contribution in [3.63, 3.8) is 0 Å². The molecule has 2 rings (SSSR count). The van der Waals surface area contributed by atoms with Crippen LogP contribution >= 0.6 is 0 Å². The molecule has 5 heteroatoms. The number of hydrogen-bond acceptors (Lipinski definition) is 4. The van der Waals surface area contributed by atoms with E-state index in [1.807, 2.05) is 0 Å². The molecule has 0 aromatic carbocycles. The minimum atomic E-state index is -0.260. The molecule has 0 saturated carbocycles. The highest BCUT2D eigenvalue weighted by atomic mass is 16.1. The standard InChI is InChI=1S/C14H12N4O/c15-6-1-3-11-5-8-17-13(9-11)18-14(19)12-4-2-7-16-10-12/h2,4-5,7-10H,6,15H2,(H,17,18,19). The van der Waals surface area contributed by atoms with Crippen LogP contribution in [0.25, 0.3) is 0 Å². The summed E-state index contributed by atoms with van der Waals surface area (Å²) in [5.41, 5.74) is 6.53. The number of amides is 1. The van der Waals surface area contributed by atoms with Gasteiger partial charge >= 0.3 is 0 Å². The second-order valence-electron chi connectivity index (χ2n) is 3.63. The largest absolute Gasteiger partial charge is 0.320 e. The summed E-state index contributed by atoms with van der Waals surface area (Å²) in [4.78, 5) is 19.8. The van der Waals surface area contributed by atoms with Crippen molar-refractivity contribution in [1.82, 2.24) is 9.97 Å². The van der Waals surface area contributed by atoms with E-state index in [9.17, 15) is 4.79 Å². The third-order valence-corrected chi connectivity index (χ3v) is 2.26. The molecule has 3 N–H and O–H groups in total. The topological polar surface area (TPSA) is 80.9 Å². The first-order valence-corrected chi connectivity index (χ1v) is 5.66. The van der Waals surface area contributed by atoms with Crippen LogP contribution in [0, 0.1) is 11.8 Å². The van der Waals surface area contributed by atoms with E-state index in [1.54, 1.807) is 36.7 Å². The van der Waals surface area contributed by atoms with Gasteiger partial charge < -0.3 is 11.1 Å². The summed E-state index contributed by atoms with van der Waals surface area (Å²) in [6.07, 6.45) is 4.69. The zero-order valence-corrected chi connectivity index (χ0v) is 10.1. The minimum absolute atomic E-state index is 0.260. The highest BCUT2D eigenvalue weighted by molar-refractivity contribution is 6.03. The van der Waals surface area contributed by atoms with Crippen LogP contribution in [0.3, 0.4) is 0 Å². The lowest BCUT2D eigenvalue weighted by Crippen LogP contribution is -2.13. The Hall–Kier alpha value is -2.71. The number of pyridine rings is 2. The Morgan fingerprint density at radius 2 is 2.26 bits per heavy atom. The average molecular weight is 252 g/mol. The van der Waals surface area contributed by atoms with Gasteiger partial charge in [-0.25, -0.2) is 4.98 Å². The Bertz CT molecular complexity index is 629. The number of nitrogens with two attached hydrogens (primary N) is 1. The Morgan fingerprint density at radius 1 is 1.37 bits per heavy atom. The second-order valence-corrected chi connectivity index (χ2v) is 3.63. The first kappa shape index (κ1) is 12.7. The van der Waals surface area contributed by atoms with Crippen LogP contribution in [0.1, 0.15) is 15.9 Å². The molecule has 2 aromatic heterocycles. The highest BCUT2D eigenvalue weighted by Gasteiger charge is 2.06. The van der Waals surface area contributed by atoms with Gasteiger partial charge in [-0.2, -0.15) is 0 Å². The van der Waals surface area contributed by atoms with Gasteiger partial charge in [-0.3, -0.25) is 9.78 Å². The maximum atomic E-state index is 11.9. The van der Waals surface area contributed by atoms with Crippen molar-refractivity contribution >= 4 is 11.7 Å². The Kier molecular flexibility index (Phi) is 4.21. The van der Waals surface area contributed by atoms with E-state index in [-0.39, 0.29) is 5.91 Å². The molecule has 0 bridgehead atoms. The molecule has 5 nitrogen and oxygen atoms in total. The van der Waals surface area contributed by atoms with Crippen molar-refractivity contribution in [2.24, 2.45) is 5.73 Å². The van der Waals surface area contributed by atoms with E-state index in [0.29, 0.717) is 17.9 Å². The van der Waals surface area contributed by atoms with Crippen LogP contribution in [0.2, 0.25) is 0 Å². The van der Waals surface area contributed by atoms with Crippen molar-refractivity contribution in [2.75, 3.05) is 11.9 Å². The lowest BCUT2D eigenvalue weighted by Gasteiger charge is -2.04. The smallest absolute Gasteiger partial charge is 0.258 e. The summed E-state index contributed by atoms with van der Waals surface area (Å²) < 4.78 is 0. The molecule has 19 heavy (non-hydrogen) atoms. The molecule has 94 valence electrons. The van der Waals surface area contributed by atoms with Crippen molar-refractivity contribution in [2.45, 2.75) is 0 Å². The minimum Gasteiger partial charge on any atom is -0.320 e. The van der Waals surface area contributed by atoms with Crippen molar-refractivity contribution in [3.8, 4) is 11.8 Å². The third-order valence-electron chi connectivity index (χ3n) is 2.26. The molecule has 0 aliphatic heterocycles.